The molecule has 0 saturated carbocycles. The molecule has 3 aromatic rings. The molecule has 1 aromatic carbocycles. The molecule has 2 bridgehead atoms. The summed E-state index contributed by atoms with van der Waals surface area (Å²) in [6.45, 7) is 10.2. The second kappa shape index (κ2) is 13.0. The van der Waals surface area contributed by atoms with Crippen LogP contribution in [-0.4, -0.2) is 99.5 Å². The number of carbonyl (C=O) groups is 3. The number of nitrogens with zero attached hydrogens (tertiary/aromatic N) is 6. The summed E-state index contributed by atoms with van der Waals surface area (Å²) in [5, 5.41) is 0.151. The summed E-state index contributed by atoms with van der Waals surface area (Å²) in [6, 6.07) is 0. The van der Waals surface area contributed by atoms with E-state index in [2.05, 4.69) is 14.8 Å². The number of hydrogen-bond acceptors (Lipinski definition) is 11. The van der Waals surface area contributed by atoms with Gasteiger partial charge in [-0.15, -0.1) is 0 Å². The van der Waals surface area contributed by atoms with Gasteiger partial charge in [0.1, 0.15) is 33.5 Å². The highest BCUT2D eigenvalue weighted by atomic mass is 35.5. The molecule has 45 heavy (non-hydrogen) atoms. The highest BCUT2D eigenvalue weighted by Crippen LogP contribution is 2.48. The second-order valence-corrected chi connectivity index (χ2v) is 11.6. The minimum absolute atomic E-state index is 0.0895. The van der Waals surface area contributed by atoms with Crippen molar-refractivity contribution in [3.8, 4) is 11.5 Å². The Bertz CT molecular complexity index is 1690. The van der Waals surface area contributed by atoms with Crippen molar-refractivity contribution in [1.82, 2.24) is 29.2 Å². The number of nitrogens with two attached hydrogens (primary N) is 1. The molecule has 13 nitrogen and oxygen atoms in total. The lowest BCUT2D eigenvalue weighted by atomic mass is 9.94. The first-order valence-electron chi connectivity index (χ1n) is 14.5. The van der Waals surface area contributed by atoms with E-state index in [-0.39, 0.29) is 29.4 Å². The molecule has 3 aliphatic rings. The first-order chi connectivity index (χ1) is 21.4. The lowest BCUT2D eigenvalue weighted by Crippen LogP contribution is -2.48. The van der Waals surface area contributed by atoms with E-state index in [0.717, 1.165) is 43.4 Å². The van der Waals surface area contributed by atoms with E-state index in [1.807, 2.05) is 7.05 Å². The number of amides is 1. The van der Waals surface area contributed by atoms with Gasteiger partial charge >= 0.3 is 11.9 Å². The zero-order valence-corrected chi connectivity index (χ0v) is 26.4. The standard InChI is InChI=1S/C30H35ClFN7O6/c1-16(2)43-26-21(17(3)29-35-18(4)25-28(33)34-8-9-38(25)29)27-23(31)24(32)22(26)30(42)39(45-20(41)7-6-19(40)44-27)15-14-37-12-10-36(5)11-13-37/h6-9,16-17H,10-15H2,1-5H3,(H2,33,34)/b7-6+/t17-/m0/s1. The van der Waals surface area contributed by atoms with E-state index in [1.54, 1.807) is 38.3 Å². The number of esters is 1. The molecular weight excluding hydrogens is 609 g/mol. The Morgan fingerprint density at radius 1 is 1.09 bits per heavy atom. The zero-order valence-electron chi connectivity index (χ0n) is 25.7. The molecule has 5 heterocycles. The van der Waals surface area contributed by atoms with Crippen LogP contribution in [0, 0.1) is 12.7 Å². The monoisotopic (exact) mass is 643 g/mol. The van der Waals surface area contributed by atoms with Crippen molar-refractivity contribution in [2.75, 3.05) is 52.0 Å². The maximum Gasteiger partial charge on any atom is 0.356 e. The molecule has 0 spiro atoms. The highest BCUT2D eigenvalue weighted by molar-refractivity contribution is 6.33. The second-order valence-electron chi connectivity index (χ2n) is 11.3. The van der Waals surface area contributed by atoms with Crippen molar-refractivity contribution in [3.05, 3.63) is 58.0 Å². The Balaban J connectivity index is 1.71. The van der Waals surface area contributed by atoms with Crippen molar-refractivity contribution < 1.29 is 33.1 Å². The van der Waals surface area contributed by atoms with Crippen molar-refractivity contribution in [1.29, 1.82) is 0 Å². The van der Waals surface area contributed by atoms with Gasteiger partial charge in [-0.05, 0) is 27.8 Å². The lowest BCUT2D eigenvalue weighted by molar-refractivity contribution is -0.172. The van der Waals surface area contributed by atoms with Crippen molar-refractivity contribution >= 4 is 40.8 Å². The Morgan fingerprint density at radius 2 is 1.78 bits per heavy atom. The van der Waals surface area contributed by atoms with E-state index in [1.165, 1.54) is 6.20 Å². The first kappa shape index (κ1) is 32.1. The largest absolute Gasteiger partial charge is 0.490 e. The van der Waals surface area contributed by atoms with Crippen LogP contribution in [-0.2, 0) is 14.4 Å². The predicted molar refractivity (Wildman–Crippen MR) is 163 cm³/mol. The number of halogens is 2. The molecule has 0 aliphatic carbocycles. The summed E-state index contributed by atoms with van der Waals surface area (Å²) in [5.74, 6) is -5.00. The Hall–Kier alpha value is -4.27. The van der Waals surface area contributed by atoms with Gasteiger partial charge in [-0.3, -0.25) is 14.1 Å². The van der Waals surface area contributed by atoms with Gasteiger partial charge in [0.2, 0.25) is 0 Å². The molecule has 3 aliphatic heterocycles. The van der Waals surface area contributed by atoms with Crippen LogP contribution in [0.5, 0.6) is 11.5 Å². The topological polar surface area (TPSA) is 145 Å². The molecule has 0 radical (unpaired) electrons. The van der Waals surface area contributed by atoms with Gasteiger partial charge in [-0.1, -0.05) is 18.5 Å². The molecular formula is C30H35ClFN7O6. The number of rotatable bonds is 7. The quantitative estimate of drug-likeness (QED) is 0.300. The third-order valence-corrected chi connectivity index (χ3v) is 8.04. The number of piperazine rings is 1. The fourth-order valence-electron chi connectivity index (χ4n) is 5.44. The minimum atomic E-state index is -1.20. The maximum atomic E-state index is 16.3. The van der Waals surface area contributed by atoms with Gasteiger partial charge in [0, 0.05) is 68.8 Å². The van der Waals surface area contributed by atoms with Crippen LogP contribution in [0.4, 0.5) is 10.2 Å². The normalized spacial score (nSPS) is 18.1. The van der Waals surface area contributed by atoms with Crippen molar-refractivity contribution in [2.24, 2.45) is 0 Å². The summed E-state index contributed by atoms with van der Waals surface area (Å²) < 4.78 is 29.7. The molecule has 1 saturated heterocycles. The smallest absolute Gasteiger partial charge is 0.356 e. The summed E-state index contributed by atoms with van der Waals surface area (Å²) in [5.41, 5.74) is 6.77. The Labute approximate surface area is 264 Å². The van der Waals surface area contributed by atoms with E-state index in [9.17, 15) is 14.4 Å². The number of aromatic nitrogens is 3. The molecule has 1 amide bonds. The van der Waals surface area contributed by atoms with Gasteiger partial charge in [0.15, 0.2) is 11.6 Å². The summed E-state index contributed by atoms with van der Waals surface area (Å²) >= 11 is 6.56. The average Bonchev–Trinajstić information content (AvgIpc) is 3.34. The number of aryl methyl sites for hydroxylation is 1. The number of imidazole rings is 1. The van der Waals surface area contributed by atoms with E-state index in [0.29, 0.717) is 23.6 Å². The number of carbonyl (C=O) groups excluding carboxylic acids is 3. The van der Waals surface area contributed by atoms with E-state index < -0.39 is 46.3 Å². The van der Waals surface area contributed by atoms with Crippen molar-refractivity contribution in [2.45, 2.75) is 39.7 Å². The number of hydrogen-bond donors (Lipinski definition) is 1. The van der Waals surface area contributed by atoms with E-state index >= 15 is 4.39 Å². The molecule has 15 heteroatoms. The number of nitrogen functional groups attached to an aromatic ring is 1. The minimum Gasteiger partial charge on any atom is -0.490 e. The number of fused-ring (bicyclic) bond motifs is 9. The first-order valence-corrected chi connectivity index (χ1v) is 14.9. The van der Waals surface area contributed by atoms with Crippen LogP contribution in [0.2, 0.25) is 5.02 Å². The predicted octanol–water partition coefficient (Wildman–Crippen LogP) is 2.97. The molecule has 2 N–H and O–H groups in total. The van der Waals surface area contributed by atoms with Crippen LogP contribution in [0.1, 0.15) is 54.1 Å². The number of benzene rings is 1. The number of anilines is 1. The Kier molecular flexibility index (Phi) is 9.28. The number of likely N-dealkylation sites (N-methyl/N-ethyl adjacent to an activating group) is 1. The van der Waals surface area contributed by atoms with Crippen LogP contribution in [0.25, 0.3) is 5.52 Å². The van der Waals surface area contributed by atoms with Gasteiger partial charge in [0.05, 0.1) is 18.3 Å². The molecule has 240 valence electrons. The van der Waals surface area contributed by atoms with Crippen LogP contribution in [0.3, 0.4) is 0 Å². The Morgan fingerprint density at radius 3 is 2.47 bits per heavy atom. The SMILES string of the molecule is Cc1nc([C@@H](C)c2c3c(Cl)c(F)c(c2OC(C)C)C(=O)N(CCN2CCN(C)CC2)OC(=O)/C=C/C(=O)O3)n2ccnc(N)c12. The molecule has 0 unspecified atom stereocenters. The maximum absolute atomic E-state index is 16.3. The van der Waals surface area contributed by atoms with Crippen molar-refractivity contribution in [3.63, 3.8) is 0 Å². The highest BCUT2D eigenvalue weighted by Gasteiger charge is 2.38. The molecule has 1 atom stereocenters. The van der Waals surface area contributed by atoms with Gasteiger partial charge in [0.25, 0.3) is 5.91 Å². The zero-order chi connectivity index (χ0) is 32.6. The average molecular weight is 644 g/mol. The number of ether oxygens (including phenoxy) is 2. The number of hydroxylamine groups is 2. The molecule has 1 fully saturated rings. The van der Waals surface area contributed by atoms with Crippen LogP contribution >= 0.6 is 11.6 Å². The van der Waals surface area contributed by atoms with Gasteiger partial charge in [-0.25, -0.2) is 23.9 Å². The van der Waals surface area contributed by atoms with Crippen LogP contribution < -0.4 is 15.2 Å². The van der Waals surface area contributed by atoms with E-state index in [4.69, 9.17) is 36.6 Å². The molecule has 2 aromatic heterocycles. The van der Waals surface area contributed by atoms with Gasteiger partial charge < -0.3 is 24.9 Å². The molecule has 6 rings (SSSR count). The summed E-state index contributed by atoms with van der Waals surface area (Å²) in [7, 11) is 2.01. The summed E-state index contributed by atoms with van der Waals surface area (Å²) in [6.07, 6.45) is 4.23. The van der Waals surface area contributed by atoms with Crippen LogP contribution in [0.15, 0.2) is 24.5 Å². The van der Waals surface area contributed by atoms with Gasteiger partial charge in [-0.2, -0.15) is 5.06 Å². The third-order valence-electron chi connectivity index (χ3n) is 7.70. The summed E-state index contributed by atoms with van der Waals surface area (Å²) in [4.78, 5) is 58.3. The fraction of sp³-hybridized carbons (Fsp3) is 0.433. The fourth-order valence-corrected chi connectivity index (χ4v) is 5.67. The lowest BCUT2D eigenvalue weighted by Gasteiger charge is -2.33. The third kappa shape index (κ3) is 6.44.